The van der Waals surface area contributed by atoms with Gasteiger partial charge in [0.15, 0.2) is 5.75 Å². The van der Waals surface area contributed by atoms with Gasteiger partial charge in [0, 0.05) is 5.56 Å². The maximum absolute atomic E-state index is 12.6. The Morgan fingerprint density at radius 3 is 2.59 bits per heavy atom. The van der Waals surface area contributed by atoms with Crippen molar-refractivity contribution in [2.75, 3.05) is 0 Å². The van der Waals surface area contributed by atoms with Crippen molar-refractivity contribution in [2.45, 2.75) is 6.43 Å². The zero-order valence-electron chi connectivity index (χ0n) is 8.56. The van der Waals surface area contributed by atoms with Crippen molar-refractivity contribution in [1.82, 2.24) is 10.2 Å². The molecule has 1 heterocycles. The first kappa shape index (κ1) is 11.3. The van der Waals surface area contributed by atoms with Gasteiger partial charge in [0.05, 0.1) is 0 Å². The molecule has 4 nitrogen and oxygen atoms in total. The van der Waals surface area contributed by atoms with E-state index in [9.17, 15) is 13.6 Å². The van der Waals surface area contributed by atoms with E-state index in [4.69, 9.17) is 0 Å². The fourth-order valence-corrected chi connectivity index (χ4v) is 1.45. The van der Waals surface area contributed by atoms with Gasteiger partial charge in [-0.25, -0.2) is 8.78 Å². The molecule has 6 heteroatoms. The summed E-state index contributed by atoms with van der Waals surface area (Å²) in [6, 6.07) is 8.62. The Hall–Kier alpha value is -2.24. The number of carbonyl (C=O) groups is 1. The molecule has 0 aliphatic heterocycles. The second-order valence-electron chi connectivity index (χ2n) is 3.20. The summed E-state index contributed by atoms with van der Waals surface area (Å²) < 4.78 is 29.8. The lowest BCUT2D eigenvalue weighted by Gasteiger charge is -2.02. The van der Waals surface area contributed by atoms with Crippen molar-refractivity contribution in [2.24, 2.45) is 0 Å². The number of ether oxygens (including phenoxy) is 1. The molecule has 0 amide bonds. The lowest BCUT2D eigenvalue weighted by Crippen LogP contribution is -1.94. The zero-order valence-corrected chi connectivity index (χ0v) is 8.56. The quantitative estimate of drug-likeness (QED) is 0.833. The Balaban J connectivity index is 2.51. The van der Waals surface area contributed by atoms with Crippen LogP contribution in [0.1, 0.15) is 12.1 Å². The Morgan fingerprint density at radius 1 is 1.29 bits per heavy atom. The molecule has 2 aromatic rings. The van der Waals surface area contributed by atoms with Crippen LogP contribution in [0.15, 0.2) is 30.3 Å². The molecule has 0 atom stereocenters. The third kappa shape index (κ3) is 2.15. The lowest BCUT2D eigenvalue weighted by molar-refractivity contribution is -0.120. The number of aromatic nitrogens is 2. The first-order chi connectivity index (χ1) is 8.24. The Morgan fingerprint density at radius 2 is 2.00 bits per heavy atom. The van der Waals surface area contributed by atoms with E-state index in [1.54, 1.807) is 30.3 Å². The van der Waals surface area contributed by atoms with Gasteiger partial charge in [-0.15, -0.1) is 0 Å². The van der Waals surface area contributed by atoms with E-state index in [0.29, 0.717) is 5.56 Å². The average Bonchev–Trinajstić information content (AvgIpc) is 2.75. The van der Waals surface area contributed by atoms with Gasteiger partial charge in [-0.2, -0.15) is 5.10 Å². The first-order valence-corrected chi connectivity index (χ1v) is 4.76. The van der Waals surface area contributed by atoms with E-state index in [0.717, 1.165) is 0 Å². The fraction of sp³-hybridized carbons (Fsp3) is 0.0909. The molecule has 88 valence electrons. The normalized spacial score (nSPS) is 10.5. The van der Waals surface area contributed by atoms with Crippen LogP contribution >= 0.6 is 0 Å². The number of hydrogen-bond acceptors (Lipinski definition) is 3. The Bertz CT molecular complexity index is 511. The highest BCUT2D eigenvalue weighted by atomic mass is 19.3. The number of hydrogen-bond donors (Lipinski definition) is 1. The van der Waals surface area contributed by atoms with Crippen LogP contribution < -0.4 is 4.74 Å². The van der Waals surface area contributed by atoms with Gasteiger partial charge in [0.25, 0.3) is 12.9 Å². The highest BCUT2D eigenvalue weighted by Gasteiger charge is 2.22. The predicted molar refractivity (Wildman–Crippen MR) is 55.7 cm³/mol. The maximum atomic E-state index is 12.6. The third-order valence-corrected chi connectivity index (χ3v) is 2.18. The molecular weight excluding hydrogens is 230 g/mol. The third-order valence-electron chi connectivity index (χ3n) is 2.18. The Labute approximate surface area is 95.2 Å². The number of alkyl halides is 2. The Kier molecular flexibility index (Phi) is 3.13. The number of nitrogens with zero attached hydrogens (tertiary/aromatic N) is 1. The van der Waals surface area contributed by atoms with Crippen molar-refractivity contribution in [3.05, 3.63) is 36.0 Å². The highest BCUT2D eigenvalue weighted by Crippen LogP contribution is 2.35. The SMILES string of the molecule is O=COc1c(-c2ccccc2)n[nH]c1C(F)F. The molecule has 0 saturated carbocycles. The second kappa shape index (κ2) is 4.73. The summed E-state index contributed by atoms with van der Waals surface area (Å²) in [5, 5.41) is 5.91. The molecular formula is C11H8F2N2O2. The van der Waals surface area contributed by atoms with E-state index in [1.807, 2.05) is 0 Å². The van der Waals surface area contributed by atoms with Gasteiger partial charge >= 0.3 is 0 Å². The van der Waals surface area contributed by atoms with Crippen LogP contribution in [0.2, 0.25) is 0 Å². The number of aromatic amines is 1. The van der Waals surface area contributed by atoms with Crippen molar-refractivity contribution in [3.63, 3.8) is 0 Å². The molecule has 1 aromatic carbocycles. The van der Waals surface area contributed by atoms with Crippen LogP contribution in [-0.4, -0.2) is 16.7 Å². The molecule has 1 N–H and O–H groups in total. The lowest BCUT2D eigenvalue weighted by atomic mass is 10.1. The van der Waals surface area contributed by atoms with Crippen molar-refractivity contribution in [3.8, 4) is 17.0 Å². The van der Waals surface area contributed by atoms with E-state index in [-0.39, 0.29) is 17.9 Å². The first-order valence-electron chi connectivity index (χ1n) is 4.76. The van der Waals surface area contributed by atoms with Gasteiger partial charge in [0.2, 0.25) is 0 Å². The predicted octanol–water partition coefficient (Wildman–Crippen LogP) is 2.55. The van der Waals surface area contributed by atoms with Gasteiger partial charge in [0.1, 0.15) is 11.4 Å². The van der Waals surface area contributed by atoms with Crippen molar-refractivity contribution in [1.29, 1.82) is 0 Å². The molecule has 2 rings (SSSR count). The molecule has 0 radical (unpaired) electrons. The largest absolute Gasteiger partial charge is 0.424 e. The molecule has 0 spiro atoms. The molecule has 0 saturated heterocycles. The topological polar surface area (TPSA) is 55.0 Å². The minimum atomic E-state index is -2.78. The molecule has 1 aromatic heterocycles. The number of halogens is 2. The number of rotatable bonds is 4. The average molecular weight is 238 g/mol. The number of benzene rings is 1. The summed E-state index contributed by atoms with van der Waals surface area (Å²) in [7, 11) is 0. The van der Waals surface area contributed by atoms with Crippen LogP contribution in [-0.2, 0) is 4.79 Å². The molecule has 0 aliphatic rings. The summed E-state index contributed by atoms with van der Waals surface area (Å²) in [5.74, 6) is -0.235. The summed E-state index contributed by atoms with van der Waals surface area (Å²) in [6.45, 7) is 0.100. The second-order valence-corrected chi connectivity index (χ2v) is 3.20. The smallest absolute Gasteiger partial charge is 0.298 e. The fourth-order valence-electron chi connectivity index (χ4n) is 1.45. The number of H-pyrrole nitrogens is 1. The minimum absolute atomic E-state index is 0.100. The monoisotopic (exact) mass is 238 g/mol. The highest BCUT2D eigenvalue weighted by molar-refractivity contribution is 5.69. The summed E-state index contributed by atoms with van der Waals surface area (Å²) in [6.07, 6.45) is -2.78. The van der Waals surface area contributed by atoms with Crippen molar-refractivity contribution >= 4 is 6.47 Å². The molecule has 17 heavy (non-hydrogen) atoms. The number of carbonyl (C=O) groups excluding carboxylic acids is 1. The van der Waals surface area contributed by atoms with Crippen LogP contribution in [0.4, 0.5) is 8.78 Å². The summed E-state index contributed by atoms with van der Waals surface area (Å²) in [5.41, 5.74) is 0.274. The van der Waals surface area contributed by atoms with Crippen LogP contribution in [0.5, 0.6) is 5.75 Å². The van der Waals surface area contributed by atoms with Gasteiger partial charge < -0.3 is 4.74 Å². The van der Waals surface area contributed by atoms with Crippen LogP contribution in [0, 0.1) is 0 Å². The van der Waals surface area contributed by atoms with Gasteiger partial charge in [-0.3, -0.25) is 9.89 Å². The summed E-state index contributed by atoms with van der Waals surface area (Å²) in [4.78, 5) is 10.3. The molecule has 0 aliphatic carbocycles. The van der Waals surface area contributed by atoms with Gasteiger partial charge in [-0.05, 0) is 0 Å². The van der Waals surface area contributed by atoms with E-state index in [1.165, 1.54) is 0 Å². The zero-order chi connectivity index (χ0) is 12.3. The molecule has 0 bridgehead atoms. The molecule has 0 fully saturated rings. The summed E-state index contributed by atoms with van der Waals surface area (Å²) >= 11 is 0. The molecule has 0 unspecified atom stereocenters. The number of nitrogens with one attached hydrogen (secondary N) is 1. The van der Waals surface area contributed by atoms with Crippen LogP contribution in [0.3, 0.4) is 0 Å². The van der Waals surface area contributed by atoms with E-state index >= 15 is 0 Å². The van der Waals surface area contributed by atoms with Crippen LogP contribution in [0.25, 0.3) is 11.3 Å². The van der Waals surface area contributed by atoms with Crippen molar-refractivity contribution < 1.29 is 18.3 Å². The van der Waals surface area contributed by atoms with E-state index < -0.39 is 12.1 Å². The minimum Gasteiger partial charge on any atom is -0.424 e. The standard InChI is InChI=1S/C11H8F2N2O2/c12-11(13)9-10(17-6-16)8(14-15-9)7-4-2-1-3-5-7/h1-6,11H,(H,14,15). The maximum Gasteiger partial charge on any atom is 0.298 e. The van der Waals surface area contributed by atoms with Gasteiger partial charge in [-0.1, -0.05) is 30.3 Å². The van der Waals surface area contributed by atoms with E-state index in [2.05, 4.69) is 14.9 Å².